The van der Waals surface area contributed by atoms with Crippen LogP contribution in [0.2, 0.25) is 0 Å². The predicted molar refractivity (Wildman–Crippen MR) is 104 cm³/mol. The highest BCUT2D eigenvalue weighted by Crippen LogP contribution is 2.26. The van der Waals surface area contributed by atoms with Gasteiger partial charge in [0.2, 0.25) is 10.0 Å². The molecule has 2 aromatic carbocycles. The van der Waals surface area contributed by atoms with Crippen LogP contribution < -0.4 is 5.32 Å². The van der Waals surface area contributed by atoms with Crippen LogP contribution in [0.5, 0.6) is 0 Å². The molecule has 0 aliphatic carbocycles. The number of amides is 1. The van der Waals surface area contributed by atoms with Gasteiger partial charge in [0.05, 0.1) is 6.26 Å². The maximum atomic E-state index is 12.5. The smallest absolute Gasteiger partial charge is 0.325 e. The lowest BCUT2D eigenvalue weighted by Crippen LogP contribution is -2.49. The maximum Gasteiger partial charge on any atom is 0.325 e. The molecule has 0 saturated carbocycles. The molecule has 0 saturated heterocycles. The van der Waals surface area contributed by atoms with Crippen molar-refractivity contribution < 1.29 is 22.7 Å². The second kappa shape index (κ2) is 8.53. The minimum absolute atomic E-state index is 0.106. The van der Waals surface area contributed by atoms with Crippen LogP contribution in [0.15, 0.2) is 54.6 Å². The van der Waals surface area contributed by atoms with E-state index >= 15 is 0 Å². The number of carbonyl (C=O) groups is 2. The number of esters is 1. The van der Waals surface area contributed by atoms with Crippen molar-refractivity contribution >= 4 is 21.9 Å². The van der Waals surface area contributed by atoms with Gasteiger partial charge in [0.1, 0.15) is 6.04 Å². The van der Waals surface area contributed by atoms with Crippen LogP contribution in [0.25, 0.3) is 0 Å². The Labute approximate surface area is 164 Å². The van der Waals surface area contributed by atoms with Gasteiger partial charge in [0.15, 0.2) is 6.61 Å². The molecular formula is C20H22N2O5S. The highest BCUT2D eigenvalue weighted by molar-refractivity contribution is 7.88. The van der Waals surface area contributed by atoms with Gasteiger partial charge >= 0.3 is 5.97 Å². The molecule has 7 nitrogen and oxygen atoms in total. The van der Waals surface area contributed by atoms with E-state index in [1.807, 2.05) is 54.6 Å². The first-order chi connectivity index (χ1) is 13.3. The largest absolute Gasteiger partial charge is 0.454 e. The molecule has 8 heteroatoms. The average Bonchev–Trinajstić information content (AvgIpc) is 2.69. The molecule has 0 radical (unpaired) electrons. The summed E-state index contributed by atoms with van der Waals surface area (Å²) in [6.07, 6.45) is 1.28. The van der Waals surface area contributed by atoms with Gasteiger partial charge in [-0.3, -0.25) is 9.59 Å². The van der Waals surface area contributed by atoms with Gasteiger partial charge in [0, 0.05) is 19.5 Å². The van der Waals surface area contributed by atoms with Gasteiger partial charge < -0.3 is 10.1 Å². The minimum Gasteiger partial charge on any atom is -0.454 e. The molecule has 148 valence electrons. The molecule has 0 bridgehead atoms. The Morgan fingerprint density at radius 1 is 1.07 bits per heavy atom. The van der Waals surface area contributed by atoms with Crippen molar-refractivity contribution in [3.8, 4) is 0 Å². The third-order valence-corrected chi connectivity index (χ3v) is 5.82. The predicted octanol–water partition coefficient (Wildman–Crippen LogP) is 1.23. The third-order valence-electron chi connectivity index (χ3n) is 4.58. The minimum atomic E-state index is -3.62. The van der Waals surface area contributed by atoms with Crippen LogP contribution in [0.3, 0.4) is 0 Å². The summed E-state index contributed by atoms with van der Waals surface area (Å²) in [5.41, 5.74) is 2.68. The second-order valence-corrected chi connectivity index (χ2v) is 8.60. The summed E-state index contributed by atoms with van der Waals surface area (Å²) in [6.45, 7) is -0.0279. The van der Waals surface area contributed by atoms with E-state index in [1.54, 1.807) is 0 Å². The van der Waals surface area contributed by atoms with Crippen molar-refractivity contribution in [2.75, 3.05) is 12.9 Å². The standard InChI is InChI=1S/C20H22N2O5S/c1-28(25,26)22-13-17-10-6-5-9-16(17)11-18(22)20(24)27-14-19(23)21-12-15-7-3-2-4-8-15/h2-10,18H,11-14H2,1H3,(H,21,23)/t18-/m1/s1. The fraction of sp³-hybridized carbons (Fsp3) is 0.300. The Morgan fingerprint density at radius 2 is 1.71 bits per heavy atom. The zero-order chi connectivity index (χ0) is 20.1. The van der Waals surface area contributed by atoms with Crippen LogP contribution >= 0.6 is 0 Å². The number of fused-ring (bicyclic) bond motifs is 1. The van der Waals surface area contributed by atoms with Crippen LogP contribution in [0, 0.1) is 0 Å². The monoisotopic (exact) mass is 402 g/mol. The molecule has 0 spiro atoms. The zero-order valence-electron chi connectivity index (χ0n) is 15.5. The highest BCUT2D eigenvalue weighted by Gasteiger charge is 2.37. The summed E-state index contributed by atoms with van der Waals surface area (Å²) in [6, 6.07) is 15.7. The Morgan fingerprint density at radius 3 is 2.39 bits per heavy atom. The number of benzene rings is 2. The summed E-state index contributed by atoms with van der Waals surface area (Å²) >= 11 is 0. The fourth-order valence-corrected chi connectivity index (χ4v) is 4.13. The van der Waals surface area contributed by atoms with E-state index < -0.39 is 34.5 Å². The molecule has 1 aliphatic rings. The number of ether oxygens (including phenoxy) is 1. The van der Waals surface area contributed by atoms with E-state index in [-0.39, 0.29) is 13.0 Å². The van der Waals surface area contributed by atoms with Crippen molar-refractivity contribution in [2.24, 2.45) is 0 Å². The lowest BCUT2D eigenvalue weighted by molar-refractivity contribution is -0.152. The third kappa shape index (κ3) is 4.96. The lowest BCUT2D eigenvalue weighted by atomic mass is 9.96. The van der Waals surface area contributed by atoms with E-state index in [0.717, 1.165) is 27.3 Å². The Kier molecular flexibility index (Phi) is 6.11. The van der Waals surface area contributed by atoms with Gasteiger partial charge in [-0.2, -0.15) is 4.31 Å². The van der Waals surface area contributed by atoms with Gasteiger partial charge in [-0.25, -0.2) is 8.42 Å². The fourth-order valence-electron chi connectivity index (χ4n) is 3.13. The molecule has 0 unspecified atom stereocenters. The Hall–Kier alpha value is -2.71. The van der Waals surface area contributed by atoms with E-state index in [4.69, 9.17) is 4.74 Å². The number of nitrogens with zero attached hydrogens (tertiary/aromatic N) is 1. The first kappa shape index (κ1) is 20.0. The molecule has 1 atom stereocenters. The van der Waals surface area contributed by atoms with Crippen molar-refractivity contribution in [1.29, 1.82) is 0 Å². The number of nitrogens with one attached hydrogen (secondary N) is 1. The van der Waals surface area contributed by atoms with Gasteiger partial charge in [-0.05, 0) is 16.7 Å². The summed E-state index contributed by atoms with van der Waals surface area (Å²) in [7, 11) is -3.62. The molecule has 1 amide bonds. The molecule has 3 rings (SSSR count). The molecule has 1 heterocycles. The molecule has 0 aromatic heterocycles. The van der Waals surface area contributed by atoms with Gasteiger partial charge in [0.25, 0.3) is 5.91 Å². The summed E-state index contributed by atoms with van der Waals surface area (Å²) < 4.78 is 30.5. The van der Waals surface area contributed by atoms with Crippen molar-refractivity contribution in [3.05, 3.63) is 71.3 Å². The van der Waals surface area contributed by atoms with E-state index in [0.29, 0.717) is 6.54 Å². The van der Waals surface area contributed by atoms with Gasteiger partial charge in [-0.15, -0.1) is 0 Å². The Bertz CT molecular complexity index is 960. The van der Waals surface area contributed by atoms with Gasteiger partial charge in [-0.1, -0.05) is 54.6 Å². The van der Waals surface area contributed by atoms with E-state index in [1.165, 1.54) is 0 Å². The number of sulfonamides is 1. The SMILES string of the molecule is CS(=O)(=O)N1Cc2ccccc2C[C@@H]1C(=O)OCC(=O)NCc1ccccc1. The number of carbonyl (C=O) groups excluding carboxylic acids is 2. The number of hydrogen-bond acceptors (Lipinski definition) is 5. The number of rotatable bonds is 6. The lowest BCUT2D eigenvalue weighted by Gasteiger charge is -2.33. The molecular weight excluding hydrogens is 380 g/mol. The average molecular weight is 402 g/mol. The number of hydrogen-bond donors (Lipinski definition) is 1. The molecule has 2 aromatic rings. The molecule has 1 aliphatic heterocycles. The molecule has 28 heavy (non-hydrogen) atoms. The topological polar surface area (TPSA) is 92.8 Å². The van der Waals surface area contributed by atoms with E-state index in [9.17, 15) is 18.0 Å². The van der Waals surface area contributed by atoms with Crippen molar-refractivity contribution in [2.45, 2.75) is 25.6 Å². The van der Waals surface area contributed by atoms with Crippen LogP contribution in [-0.4, -0.2) is 43.5 Å². The van der Waals surface area contributed by atoms with Crippen LogP contribution in [-0.2, 0) is 43.9 Å². The maximum absolute atomic E-state index is 12.5. The molecule has 0 fully saturated rings. The van der Waals surface area contributed by atoms with E-state index in [2.05, 4.69) is 5.32 Å². The summed E-state index contributed by atoms with van der Waals surface area (Å²) in [5.74, 6) is -1.17. The zero-order valence-corrected chi connectivity index (χ0v) is 16.3. The summed E-state index contributed by atoms with van der Waals surface area (Å²) in [4.78, 5) is 24.5. The summed E-state index contributed by atoms with van der Waals surface area (Å²) in [5, 5.41) is 2.67. The van der Waals surface area contributed by atoms with Crippen molar-refractivity contribution in [3.63, 3.8) is 0 Å². The highest BCUT2D eigenvalue weighted by atomic mass is 32.2. The first-order valence-corrected chi connectivity index (χ1v) is 10.7. The van der Waals surface area contributed by atoms with Crippen molar-refractivity contribution in [1.82, 2.24) is 9.62 Å². The Balaban J connectivity index is 1.61. The van der Waals surface area contributed by atoms with Crippen LogP contribution in [0.1, 0.15) is 16.7 Å². The first-order valence-electron chi connectivity index (χ1n) is 8.85. The van der Waals surface area contributed by atoms with Crippen LogP contribution in [0.4, 0.5) is 0 Å². The molecule has 1 N–H and O–H groups in total. The second-order valence-electron chi connectivity index (χ2n) is 6.67. The quantitative estimate of drug-likeness (QED) is 0.734. The normalized spacial score (nSPS) is 16.8.